The van der Waals surface area contributed by atoms with Gasteiger partial charge in [0.1, 0.15) is 11.3 Å². The number of hydrogen-bond acceptors (Lipinski definition) is 6. The number of aryl methyl sites for hydroxylation is 1. The lowest BCUT2D eigenvalue weighted by Crippen LogP contribution is -2.42. The third-order valence-electron chi connectivity index (χ3n) is 5.14. The van der Waals surface area contributed by atoms with Crippen LogP contribution in [0.5, 0.6) is 0 Å². The largest absolute Gasteiger partial charge is 0.355 e. The van der Waals surface area contributed by atoms with E-state index in [0.717, 1.165) is 60.8 Å². The molecule has 126 valence electrons. The Morgan fingerprint density at radius 2 is 2.04 bits per heavy atom. The van der Waals surface area contributed by atoms with Crippen molar-refractivity contribution in [3.8, 4) is 11.3 Å². The highest BCUT2D eigenvalue weighted by Gasteiger charge is 2.29. The van der Waals surface area contributed by atoms with Gasteiger partial charge in [-0.1, -0.05) is 6.92 Å². The molecule has 0 atom stereocenters. The van der Waals surface area contributed by atoms with Crippen LogP contribution >= 0.6 is 0 Å². The molecule has 4 rings (SSSR count). The number of piperidine rings is 1. The summed E-state index contributed by atoms with van der Waals surface area (Å²) in [5.74, 6) is 0.878. The van der Waals surface area contributed by atoms with Gasteiger partial charge in [-0.3, -0.25) is 10.2 Å². The molecule has 4 heterocycles. The van der Waals surface area contributed by atoms with Crippen LogP contribution in [-0.4, -0.2) is 50.0 Å². The van der Waals surface area contributed by atoms with Crippen LogP contribution in [0.2, 0.25) is 0 Å². The van der Waals surface area contributed by atoms with E-state index in [4.69, 9.17) is 10.7 Å². The molecule has 0 amide bonds. The van der Waals surface area contributed by atoms with Crippen LogP contribution in [0.25, 0.3) is 22.4 Å². The van der Waals surface area contributed by atoms with Crippen molar-refractivity contribution in [2.45, 2.75) is 26.7 Å². The molecule has 0 unspecified atom stereocenters. The van der Waals surface area contributed by atoms with Crippen LogP contribution < -0.4 is 10.6 Å². The van der Waals surface area contributed by atoms with E-state index in [0.29, 0.717) is 5.65 Å². The predicted octanol–water partition coefficient (Wildman–Crippen LogP) is 1.62. The second-order valence-electron chi connectivity index (χ2n) is 6.91. The first-order valence-corrected chi connectivity index (χ1v) is 8.26. The normalized spacial score (nSPS) is 17.5. The molecule has 0 spiro atoms. The summed E-state index contributed by atoms with van der Waals surface area (Å²) < 4.78 is 0. The van der Waals surface area contributed by atoms with Gasteiger partial charge < -0.3 is 10.6 Å². The van der Waals surface area contributed by atoms with Gasteiger partial charge in [0.2, 0.25) is 5.65 Å². The number of fused-ring (bicyclic) bond motifs is 1. The highest BCUT2D eigenvalue weighted by atomic mass is 15.2. The fraction of sp³-hybridized carbons (Fsp3) is 0.500. The lowest BCUT2D eigenvalue weighted by molar-refractivity contribution is 0.258. The molecule has 8 nitrogen and oxygen atoms in total. The number of nitrogens with one attached hydrogen (secondary N) is 2. The zero-order valence-electron chi connectivity index (χ0n) is 14.0. The van der Waals surface area contributed by atoms with Crippen molar-refractivity contribution in [1.82, 2.24) is 30.4 Å². The van der Waals surface area contributed by atoms with E-state index in [1.807, 2.05) is 13.1 Å². The number of nitrogens with two attached hydrogens (primary N) is 1. The topological polar surface area (TPSA) is 112 Å². The average Bonchev–Trinajstić information content (AvgIpc) is 3.20. The maximum absolute atomic E-state index is 5.89. The smallest absolute Gasteiger partial charge is 0.202 e. The third kappa shape index (κ3) is 2.43. The second-order valence-corrected chi connectivity index (χ2v) is 6.91. The van der Waals surface area contributed by atoms with E-state index < -0.39 is 0 Å². The summed E-state index contributed by atoms with van der Waals surface area (Å²) in [6.45, 7) is 6.86. The summed E-state index contributed by atoms with van der Waals surface area (Å²) in [6.07, 6.45) is 5.75. The summed E-state index contributed by atoms with van der Waals surface area (Å²) in [4.78, 5) is 11.6. The maximum Gasteiger partial charge on any atom is 0.202 e. The molecular weight excluding hydrogens is 304 g/mol. The number of H-pyrrole nitrogens is 2. The molecular formula is C16H22N8. The van der Waals surface area contributed by atoms with Gasteiger partial charge >= 0.3 is 0 Å². The molecule has 1 saturated heterocycles. The standard InChI is InChI=1S/C16H22N8/c1-10-11(7-19-21-10)13-14-15(23-22-13)20-12(8-18-14)24-5-3-16(2,9-17)4-6-24/h7-8H,3-6,9,17H2,1-2H3,(H,19,21)(H,20,22,23). The highest BCUT2D eigenvalue weighted by Crippen LogP contribution is 2.32. The molecule has 1 fully saturated rings. The molecule has 0 aromatic carbocycles. The minimum Gasteiger partial charge on any atom is -0.355 e. The molecule has 0 aliphatic carbocycles. The Hall–Kier alpha value is -2.48. The van der Waals surface area contributed by atoms with Gasteiger partial charge in [-0.2, -0.15) is 10.2 Å². The van der Waals surface area contributed by atoms with Crippen LogP contribution in [0.4, 0.5) is 5.82 Å². The molecule has 3 aromatic heterocycles. The Morgan fingerprint density at radius 1 is 1.25 bits per heavy atom. The van der Waals surface area contributed by atoms with Crippen molar-refractivity contribution in [1.29, 1.82) is 0 Å². The highest BCUT2D eigenvalue weighted by molar-refractivity contribution is 5.88. The lowest BCUT2D eigenvalue weighted by Gasteiger charge is -2.39. The average molecular weight is 326 g/mol. The molecule has 1 aliphatic heterocycles. The van der Waals surface area contributed by atoms with Gasteiger partial charge in [0.15, 0.2) is 0 Å². The first-order chi connectivity index (χ1) is 11.6. The van der Waals surface area contributed by atoms with Crippen molar-refractivity contribution in [2.24, 2.45) is 11.1 Å². The van der Waals surface area contributed by atoms with Crippen molar-refractivity contribution in [2.75, 3.05) is 24.5 Å². The first-order valence-electron chi connectivity index (χ1n) is 8.26. The van der Waals surface area contributed by atoms with Crippen LogP contribution in [0.1, 0.15) is 25.5 Å². The Kier molecular flexibility index (Phi) is 3.49. The van der Waals surface area contributed by atoms with Crippen molar-refractivity contribution < 1.29 is 0 Å². The lowest BCUT2D eigenvalue weighted by atomic mass is 9.80. The number of aromatic amines is 2. The zero-order chi connectivity index (χ0) is 16.7. The van der Waals surface area contributed by atoms with Gasteiger partial charge in [0.25, 0.3) is 0 Å². The maximum atomic E-state index is 5.89. The number of nitrogens with zero attached hydrogens (tertiary/aromatic N) is 5. The fourth-order valence-electron chi connectivity index (χ4n) is 3.21. The minimum absolute atomic E-state index is 0.242. The zero-order valence-corrected chi connectivity index (χ0v) is 14.0. The summed E-state index contributed by atoms with van der Waals surface area (Å²) >= 11 is 0. The number of aromatic nitrogens is 6. The van der Waals surface area contributed by atoms with E-state index in [1.165, 1.54) is 0 Å². The van der Waals surface area contributed by atoms with E-state index in [-0.39, 0.29) is 5.41 Å². The van der Waals surface area contributed by atoms with E-state index in [2.05, 4.69) is 37.2 Å². The van der Waals surface area contributed by atoms with Crippen LogP contribution in [0.15, 0.2) is 12.4 Å². The molecule has 0 saturated carbocycles. The van der Waals surface area contributed by atoms with Gasteiger partial charge in [-0.15, -0.1) is 0 Å². The van der Waals surface area contributed by atoms with Gasteiger partial charge in [0.05, 0.1) is 18.1 Å². The van der Waals surface area contributed by atoms with Crippen LogP contribution in [-0.2, 0) is 0 Å². The summed E-state index contributed by atoms with van der Waals surface area (Å²) in [7, 11) is 0. The molecule has 0 bridgehead atoms. The van der Waals surface area contributed by atoms with Crippen molar-refractivity contribution in [3.05, 3.63) is 18.1 Å². The summed E-state index contributed by atoms with van der Waals surface area (Å²) in [5.41, 5.74) is 10.3. The molecule has 24 heavy (non-hydrogen) atoms. The predicted molar refractivity (Wildman–Crippen MR) is 92.6 cm³/mol. The summed E-state index contributed by atoms with van der Waals surface area (Å²) in [5, 5.41) is 14.4. The summed E-state index contributed by atoms with van der Waals surface area (Å²) in [6, 6.07) is 0. The van der Waals surface area contributed by atoms with E-state index in [1.54, 1.807) is 6.20 Å². The molecule has 4 N–H and O–H groups in total. The fourth-order valence-corrected chi connectivity index (χ4v) is 3.21. The number of hydrogen-bond donors (Lipinski definition) is 3. The number of anilines is 1. The Balaban J connectivity index is 1.63. The third-order valence-corrected chi connectivity index (χ3v) is 5.14. The van der Waals surface area contributed by atoms with Gasteiger partial charge in [0, 0.05) is 24.3 Å². The molecule has 1 aliphatic rings. The van der Waals surface area contributed by atoms with E-state index in [9.17, 15) is 0 Å². The van der Waals surface area contributed by atoms with E-state index >= 15 is 0 Å². The monoisotopic (exact) mass is 326 g/mol. The van der Waals surface area contributed by atoms with Crippen LogP contribution in [0, 0.1) is 12.3 Å². The quantitative estimate of drug-likeness (QED) is 0.674. The Bertz CT molecular complexity index is 856. The van der Waals surface area contributed by atoms with Gasteiger partial charge in [-0.05, 0) is 31.7 Å². The SMILES string of the molecule is Cc1[nH]ncc1-c1[nH]nc2nc(N3CCC(C)(CN)CC3)cnc12. The van der Waals surface area contributed by atoms with Crippen LogP contribution in [0.3, 0.4) is 0 Å². The molecule has 3 aromatic rings. The van der Waals surface area contributed by atoms with Gasteiger partial charge in [-0.25, -0.2) is 9.97 Å². The Morgan fingerprint density at radius 3 is 2.71 bits per heavy atom. The molecule has 8 heteroatoms. The minimum atomic E-state index is 0.242. The van der Waals surface area contributed by atoms with Crippen molar-refractivity contribution in [3.63, 3.8) is 0 Å². The Labute approximate surface area is 139 Å². The van der Waals surface area contributed by atoms with Crippen molar-refractivity contribution >= 4 is 17.0 Å². The first kappa shape index (κ1) is 15.1. The molecule has 0 radical (unpaired) electrons. The second kappa shape index (κ2) is 5.55. The number of rotatable bonds is 3.